The van der Waals surface area contributed by atoms with E-state index in [0.29, 0.717) is 17.2 Å². The molecule has 0 fully saturated rings. The van der Waals surface area contributed by atoms with Crippen molar-refractivity contribution in [2.24, 2.45) is 0 Å². The molecule has 23 heavy (non-hydrogen) atoms. The van der Waals surface area contributed by atoms with E-state index >= 15 is 0 Å². The molecule has 6 nitrogen and oxygen atoms in total. The molecule has 0 bridgehead atoms. The lowest BCUT2D eigenvalue weighted by atomic mass is 10.2. The van der Waals surface area contributed by atoms with Gasteiger partial charge in [0.2, 0.25) is 0 Å². The Morgan fingerprint density at radius 1 is 1.09 bits per heavy atom. The van der Waals surface area contributed by atoms with Crippen LogP contribution >= 0.6 is 11.6 Å². The Morgan fingerprint density at radius 3 is 2.39 bits per heavy atom. The van der Waals surface area contributed by atoms with E-state index in [2.05, 4.69) is 4.72 Å². The van der Waals surface area contributed by atoms with Crippen molar-refractivity contribution in [1.29, 1.82) is 5.26 Å². The molecule has 0 aliphatic rings. The minimum Gasteiger partial charge on any atom is -0.493 e. The van der Waals surface area contributed by atoms with Crippen LogP contribution in [-0.4, -0.2) is 22.6 Å². The normalized spacial score (nSPS) is 10.7. The molecule has 1 N–H and O–H groups in total. The van der Waals surface area contributed by atoms with Crippen LogP contribution in [0.3, 0.4) is 0 Å². The summed E-state index contributed by atoms with van der Waals surface area (Å²) in [6.07, 6.45) is 0. The van der Waals surface area contributed by atoms with Crippen LogP contribution < -0.4 is 14.2 Å². The summed E-state index contributed by atoms with van der Waals surface area (Å²) in [6, 6.07) is 10.4. The number of benzene rings is 2. The lowest BCUT2D eigenvalue weighted by molar-refractivity contribution is 0.355. The topological polar surface area (TPSA) is 88.4 Å². The summed E-state index contributed by atoms with van der Waals surface area (Å²) in [7, 11) is -0.926. The summed E-state index contributed by atoms with van der Waals surface area (Å²) in [5, 5.41) is 9.14. The van der Waals surface area contributed by atoms with Gasteiger partial charge in [0.25, 0.3) is 10.0 Å². The molecular formula is C15H13ClN2O4S. The maximum absolute atomic E-state index is 12.4. The monoisotopic (exact) mass is 352 g/mol. The molecule has 0 spiro atoms. The maximum Gasteiger partial charge on any atom is 0.261 e. The smallest absolute Gasteiger partial charge is 0.261 e. The third kappa shape index (κ3) is 3.67. The highest BCUT2D eigenvalue weighted by Crippen LogP contribution is 2.31. The predicted octanol–water partition coefficient (Wildman–Crippen LogP) is 3.03. The first-order valence-corrected chi connectivity index (χ1v) is 8.22. The molecule has 0 atom stereocenters. The number of hydrogen-bond donors (Lipinski definition) is 1. The van der Waals surface area contributed by atoms with Crippen LogP contribution in [0, 0.1) is 11.3 Å². The van der Waals surface area contributed by atoms with Gasteiger partial charge < -0.3 is 9.47 Å². The van der Waals surface area contributed by atoms with Gasteiger partial charge >= 0.3 is 0 Å². The van der Waals surface area contributed by atoms with Gasteiger partial charge in [-0.15, -0.1) is 0 Å². The zero-order valence-electron chi connectivity index (χ0n) is 12.3. The first-order chi connectivity index (χ1) is 10.9. The highest BCUT2D eigenvalue weighted by atomic mass is 35.5. The zero-order chi connectivity index (χ0) is 17.0. The van der Waals surface area contributed by atoms with Crippen LogP contribution in [-0.2, 0) is 10.0 Å². The van der Waals surface area contributed by atoms with Gasteiger partial charge in [0.1, 0.15) is 6.07 Å². The van der Waals surface area contributed by atoms with Gasteiger partial charge in [0.05, 0.1) is 35.4 Å². The third-order valence-electron chi connectivity index (χ3n) is 3.00. The van der Waals surface area contributed by atoms with Gasteiger partial charge in [0, 0.05) is 6.07 Å². The summed E-state index contributed by atoms with van der Waals surface area (Å²) in [6.45, 7) is 0. The molecule has 2 aromatic rings. The Hall–Kier alpha value is -2.43. The minimum atomic E-state index is -3.86. The number of nitrogens with zero attached hydrogens (tertiary/aromatic N) is 1. The molecule has 0 saturated heterocycles. The van der Waals surface area contributed by atoms with Crippen molar-refractivity contribution in [2.75, 3.05) is 18.9 Å². The van der Waals surface area contributed by atoms with E-state index in [1.54, 1.807) is 12.1 Å². The molecule has 0 heterocycles. The van der Waals surface area contributed by atoms with Crippen molar-refractivity contribution in [2.45, 2.75) is 4.90 Å². The van der Waals surface area contributed by atoms with Gasteiger partial charge in [-0.3, -0.25) is 4.72 Å². The van der Waals surface area contributed by atoms with Crippen LogP contribution in [0.4, 0.5) is 5.69 Å². The van der Waals surface area contributed by atoms with E-state index in [1.165, 1.54) is 38.5 Å². The van der Waals surface area contributed by atoms with Crippen LogP contribution in [0.15, 0.2) is 41.3 Å². The molecule has 0 saturated carbocycles. The molecule has 120 valence electrons. The number of rotatable bonds is 5. The first kappa shape index (κ1) is 16.9. The van der Waals surface area contributed by atoms with E-state index in [1.807, 2.05) is 6.07 Å². The molecule has 0 radical (unpaired) electrons. The highest BCUT2D eigenvalue weighted by molar-refractivity contribution is 7.92. The number of ether oxygens (including phenoxy) is 2. The van der Waals surface area contributed by atoms with Crippen LogP contribution in [0.25, 0.3) is 0 Å². The Labute approximate surface area is 139 Å². The SMILES string of the molecule is COc1ccc(NS(=O)(=O)c2ccc(Cl)c(C#N)c2)cc1OC. The fourth-order valence-electron chi connectivity index (χ4n) is 1.87. The van der Waals surface area contributed by atoms with E-state index in [0.717, 1.165) is 0 Å². The Morgan fingerprint density at radius 2 is 1.78 bits per heavy atom. The number of methoxy groups -OCH3 is 2. The van der Waals surface area contributed by atoms with Gasteiger partial charge in [-0.05, 0) is 30.3 Å². The second-order valence-corrected chi connectivity index (χ2v) is 6.52. The van der Waals surface area contributed by atoms with E-state index < -0.39 is 10.0 Å². The molecule has 0 amide bonds. The highest BCUT2D eigenvalue weighted by Gasteiger charge is 2.17. The number of sulfonamides is 1. The number of nitrogens with one attached hydrogen (secondary N) is 1. The third-order valence-corrected chi connectivity index (χ3v) is 4.71. The second-order valence-electron chi connectivity index (χ2n) is 4.43. The predicted molar refractivity (Wildman–Crippen MR) is 86.5 cm³/mol. The fourth-order valence-corrected chi connectivity index (χ4v) is 3.11. The number of halogens is 1. The molecule has 2 aromatic carbocycles. The minimum absolute atomic E-state index is 0.0618. The summed E-state index contributed by atoms with van der Waals surface area (Å²) < 4.78 is 37.4. The first-order valence-electron chi connectivity index (χ1n) is 6.35. The van der Waals surface area contributed by atoms with Gasteiger partial charge in [-0.2, -0.15) is 5.26 Å². The zero-order valence-corrected chi connectivity index (χ0v) is 13.9. The van der Waals surface area contributed by atoms with E-state index in [4.69, 9.17) is 26.3 Å². The summed E-state index contributed by atoms with van der Waals surface area (Å²) in [5.74, 6) is 0.871. The molecule has 0 aromatic heterocycles. The molecule has 2 rings (SSSR count). The van der Waals surface area contributed by atoms with Crippen molar-refractivity contribution in [3.05, 3.63) is 47.0 Å². The average Bonchev–Trinajstić information content (AvgIpc) is 2.54. The number of anilines is 1. The largest absolute Gasteiger partial charge is 0.493 e. The summed E-state index contributed by atoms with van der Waals surface area (Å²) in [4.78, 5) is -0.0618. The van der Waals surface area contributed by atoms with Crippen LogP contribution in [0.2, 0.25) is 5.02 Å². The maximum atomic E-state index is 12.4. The summed E-state index contributed by atoms with van der Waals surface area (Å²) in [5.41, 5.74) is 0.387. The lowest BCUT2D eigenvalue weighted by Gasteiger charge is -2.12. The average molecular weight is 353 g/mol. The molecule has 0 aliphatic carbocycles. The van der Waals surface area contributed by atoms with Crippen molar-refractivity contribution < 1.29 is 17.9 Å². The quantitative estimate of drug-likeness (QED) is 0.893. The summed E-state index contributed by atoms with van der Waals surface area (Å²) >= 11 is 5.81. The number of hydrogen-bond acceptors (Lipinski definition) is 5. The molecular weight excluding hydrogens is 340 g/mol. The Bertz CT molecular complexity index is 876. The van der Waals surface area contributed by atoms with Crippen LogP contribution in [0.5, 0.6) is 11.5 Å². The van der Waals surface area contributed by atoms with E-state index in [9.17, 15) is 8.42 Å². The molecule has 8 heteroatoms. The second kappa shape index (κ2) is 6.77. The van der Waals surface area contributed by atoms with Gasteiger partial charge in [-0.1, -0.05) is 11.6 Å². The fraction of sp³-hybridized carbons (Fsp3) is 0.133. The van der Waals surface area contributed by atoms with E-state index in [-0.39, 0.29) is 15.5 Å². The van der Waals surface area contributed by atoms with Crippen molar-refractivity contribution in [3.63, 3.8) is 0 Å². The lowest BCUT2D eigenvalue weighted by Crippen LogP contribution is -2.13. The van der Waals surface area contributed by atoms with Gasteiger partial charge in [0.15, 0.2) is 11.5 Å². The Kier molecular flexibility index (Phi) is 4.98. The van der Waals surface area contributed by atoms with Crippen LogP contribution in [0.1, 0.15) is 5.56 Å². The van der Waals surface area contributed by atoms with Crippen molar-refractivity contribution >= 4 is 27.3 Å². The molecule has 0 unspecified atom stereocenters. The Balaban J connectivity index is 2.37. The molecule has 0 aliphatic heterocycles. The number of nitriles is 1. The van der Waals surface area contributed by atoms with Gasteiger partial charge in [-0.25, -0.2) is 8.42 Å². The van der Waals surface area contributed by atoms with Crippen molar-refractivity contribution in [1.82, 2.24) is 0 Å². The standard InChI is InChI=1S/C15H13ClN2O4S/c1-21-14-6-3-11(8-15(14)22-2)18-23(19,20)12-4-5-13(16)10(7-12)9-17/h3-8,18H,1-2H3. The van der Waals surface area contributed by atoms with Crippen molar-refractivity contribution in [3.8, 4) is 17.6 Å².